The number of anilines is 2. The predicted molar refractivity (Wildman–Crippen MR) is 107 cm³/mol. The third-order valence-corrected chi connectivity index (χ3v) is 4.72. The van der Waals surface area contributed by atoms with E-state index in [2.05, 4.69) is 39.4 Å². The largest absolute Gasteiger partial charge is 0.378 e. The monoisotopic (exact) mass is 379 g/mol. The predicted octanol–water partition coefficient (Wildman–Crippen LogP) is 4.52. The van der Waals surface area contributed by atoms with Crippen LogP contribution in [0.3, 0.4) is 0 Å². The molecule has 2 rings (SSSR count). The van der Waals surface area contributed by atoms with Crippen molar-refractivity contribution >= 4 is 40.5 Å². The third-order valence-electron chi connectivity index (χ3n) is 3.90. The van der Waals surface area contributed by atoms with Crippen molar-refractivity contribution in [2.75, 3.05) is 37.4 Å². The van der Waals surface area contributed by atoms with Crippen molar-refractivity contribution in [3.05, 3.63) is 58.1 Å². The fourth-order valence-electron chi connectivity index (χ4n) is 2.43. The molecule has 0 aliphatic carbocycles. The van der Waals surface area contributed by atoms with Crippen LogP contribution in [0, 0.1) is 0 Å². The van der Waals surface area contributed by atoms with E-state index in [9.17, 15) is 4.79 Å². The first-order chi connectivity index (χ1) is 11.9. The third kappa shape index (κ3) is 5.63. The molecule has 0 spiro atoms. The van der Waals surface area contributed by atoms with Crippen molar-refractivity contribution in [2.24, 2.45) is 0 Å². The van der Waals surface area contributed by atoms with Gasteiger partial charge in [0.1, 0.15) is 0 Å². The number of hydrogen-bond acceptors (Lipinski definition) is 3. The van der Waals surface area contributed by atoms with Gasteiger partial charge >= 0.3 is 0 Å². The summed E-state index contributed by atoms with van der Waals surface area (Å²) in [6.07, 6.45) is 0. The van der Waals surface area contributed by atoms with Crippen LogP contribution in [-0.2, 0) is 11.3 Å². The van der Waals surface area contributed by atoms with E-state index in [0.29, 0.717) is 22.3 Å². The molecule has 0 aromatic heterocycles. The number of carbonyl (C=O) groups is 1. The van der Waals surface area contributed by atoms with Gasteiger partial charge in [0, 0.05) is 26.3 Å². The van der Waals surface area contributed by atoms with E-state index in [1.54, 1.807) is 18.2 Å². The number of nitrogens with zero attached hydrogens (tertiary/aromatic N) is 2. The van der Waals surface area contributed by atoms with Crippen molar-refractivity contribution in [2.45, 2.75) is 13.5 Å². The average molecular weight is 380 g/mol. The Balaban J connectivity index is 1.96. The molecule has 0 fully saturated rings. The van der Waals surface area contributed by atoms with E-state index in [4.69, 9.17) is 23.2 Å². The maximum atomic E-state index is 12.3. The highest BCUT2D eigenvalue weighted by Crippen LogP contribution is 2.29. The molecule has 0 saturated heterocycles. The molecule has 0 bridgehead atoms. The van der Waals surface area contributed by atoms with Crippen LogP contribution in [0.4, 0.5) is 11.4 Å². The number of nitrogens with one attached hydrogen (secondary N) is 1. The van der Waals surface area contributed by atoms with Crippen molar-refractivity contribution in [3.63, 3.8) is 0 Å². The molecule has 2 aromatic rings. The molecule has 0 aliphatic heterocycles. The Morgan fingerprint density at radius 1 is 1.08 bits per heavy atom. The molecule has 0 heterocycles. The number of rotatable bonds is 7. The van der Waals surface area contributed by atoms with E-state index in [0.717, 1.165) is 12.2 Å². The van der Waals surface area contributed by atoms with Crippen LogP contribution in [0.25, 0.3) is 0 Å². The van der Waals surface area contributed by atoms with Crippen LogP contribution in [0.2, 0.25) is 10.0 Å². The van der Waals surface area contributed by atoms with Crippen LogP contribution in [0.5, 0.6) is 0 Å². The van der Waals surface area contributed by atoms with Gasteiger partial charge in [0.15, 0.2) is 0 Å². The van der Waals surface area contributed by atoms with Gasteiger partial charge in [-0.25, -0.2) is 0 Å². The first kappa shape index (κ1) is 19.6. The van der Waals surface area contributed by atoms with Crippen molar-refractivity contribution < 1.29 is 4.79 Å². The molecule has 0 atom stereocenters. The second-order valence-electron chi connectivity index (χ2n) is 6.01. The highest BCUT2D eigenvalue weighted by atomic mass is 35.5. The molecule has 2 aromatic carbocycles. The van der Waals surface area contributed by atoms with E-state index < -0.39 is 0 Å². The van der Waals surface area contributed by atoms with Crippen molar-refractivity contribution in [3.8, 4) is 0 Å². The van der Waals surface area contributed by atoms with Crippen molar-refractivity contribution in [1.82, 2.24) is 4.90 Å². The molecule has 1 N–H and O–H groups in total. The molecule has 6 heteroatoms. The standard InChI is InChI=1S/C19H23Cl2N3O/c1-4-24(12-14-8-10-15(11-9-14)23(2)3)13-18(25)22-17-7-5-6-16(20)19(17)21/h5-11H,4,12-13H2,1-3H3,(H,22,25). The smallest absolute Gasteiger partial charge is 0.238 e. The second kappa shape index (κ2) is 9.09. The fraction of sp³-hybridized carbons (Fsp3) is 0.316. The Hall–Kier alpha value is -1.75. The molecule has 0 saturated carbocycles. The number of amides is 1. The summed E-state index contributed by atoms with van der Waals surface area (Å²) in [6.45, 7) is 3.80. The lowest BCUT2D eigenvalue weighted by Crippen LogP contribution is -2.32. The summed E-state index contributed by atoms with van der Waals surface area (Å²) in [5.74, 6) is -0.115. The number of benzene rings is 2. The first-order valence-corrected chi connectivity index (χ1v) is 8.88. The fourth-order valence-corrected chi connectivity index (χ4v) is 2.78. The molecule has 4 nitrogen and oxygen atoms in total. The minimum atomic E-state index is -0.115. The highest BCUT2D eigenvalue weighted by Gasteiger charge is 2.12. The number of halogens is 2. The lowest BCUT2D eigenvalue weighted by Gasteiger charge is -2.21. The van der Waals surface area contributed by atoms with E-state index in [1.165, 1.54) is 5.56 Å². The molecular weight excluding hydrogens is 357 g/mol. The topological polar surface area (TPSA) is 35.6 Å². The summed E-state index contributed by atoms with van der Waals surface area (Å²) in [5, 5.41) is 3.61. The van der Waals surface area contributed by atoms with E-state index in [1.807, 2.05) is 21.0 Å². The highest BCUT2D eigenvalue weighted by molar-refractivity contribution is 6.43. The summed E-state index contributed by atoms with van der Waals surface area (Å²) in [6, 6.07) is 13.5. The zero-order chi connectivity index (χ0) is 18.4. The van der Waals surface area contributed by atoms with Gasteiger partial charge in [0.05, 0.1) is 22.3 Å². The molecule has 25 heavy (non-hydrogen) atoms. The van der Waals surface area contributed by atoms with Gasteiger partial charge in [0.2, 0.25) is 5.91 Å². The van der Waals surface area contributed by atoms with Crippen LogP contribution in [0.15, 0.2) is 42.5 Å². The summed E-state index contributed by atoms with van der Waals surface area (Å²) >= 11 is 12.1. The van der Waals surface area contributed by atoms with Crippen LogP contribution < -0.4 is 10.2 Å². The van der Waals surface area contributed by atoms with Crippen LogP contribution in [-0.4, -0.2) is 38.0 Å². The number of carbonyl (C=O) groups excluding carboxylic acids is 1. The molecular formula is C19H23Cl2N3O. The minimum absolute atomic E-state index is 0.115. The first-order valence-electron chi connectivity index (χ1n) is 8.13. The van der Waals surface area contributed by atoms with Gasteiger partial charge in [-0.1, -0.05) is 48.3 Å². The van der Waals surface area contributed by atoms with Gasteiger partial charge in [0.25, 0.3) is 0 Å². The second-order valence-corrected chi connectivity index (χ2v) is 6.80. The minimum Gasteiger partial charge on any atom is -0.378 e. The number of likely N-dealkylation sites (N-methyl/N-ethyl adjacent to an activating group) is 1. The van der Waals surface area contributed by atoms with Crippen LogP contribution >= 0.6 is 23.2 Å². The van der Waals surface area contributed by atoms with Gasteiger partial charge in [-0.3, -0.25) is 9.69 Å². The summed E-state index contributed by atoms with van der Waals surface area (Å²) < 4.78 is 0. The Morgan fingerprint density at radius 2 is 1.76 bits per heavy atom. The molecule has 0 radical (unpaired) electrons. The Labute approximate surface area is 159 Å². The van der Waals surface area contributed by atoms with Gasteiger partial charge in [-0.2, -0.15) is 0 Å². The maximum absolute atomic E-state index is 12.3. The average Bonchev–Trinajstić information content (AvgIpc) is 2.58. The zero-order valence-corrected chi connectivity index (χ0v) is 16.2. The Kier molecular flexibility index (Phi) is 7.12. The van der Waals surface area contributed by atoms with Crippen molar-refractivity contribution in [1.29, 1.82) is 0 Å². The molecule has 0 aliphatic rings. The Morgan fingerprint density at radius 3 is 2.36 bits per heavy atom. The molecule has 1 amide bonds. The van der Waals surface area contributed by atoms with Crippen LogP contribution in [0.1, 0.15) is 12.5 Å². The van der Waals surface area contributed by atoms with Gasteiger partial charge in [-0.05, 0) is 36.4 Å². The molecule has 134 valence electrons. The lowest BCUT2D eigenvalue weighted by atomic mass is 10.2. The lowest BCUT2D eigenvalue weighted by molar-refractivity contribution is -0.117. The quantitative estimate of drug-likeness (QED) is 0.767. The van der Waals surface area contributed by atoms with Gasteiger partial charge < -0.3 is 10.2 Å². The van der Waals surface area contributed by atoms with Gasteiger partial charge in [-0.15, -0.1) is 0 Å². The summed E-state index contributed by atoms with van der Waals surface area (Å²) in [7, 11) is 4.03. The van der Waals surface area contributed by atoms with E-state index >= 15 is 0 Å². The SMILES string of the molecule is CCN(CC(=O)Nc1cccc(Cl)c1Cl)Cc1ccc(N(C)C)cc1. The zero-order valence-electron chi connectivity index (χ0n) is 14.7. The normalized spacial score (nSPS) is 10.8. The Bertz CT molecular complexity index is 717. The molecule has 0 unspecified atom stereocenters. The summed E-state index contributed by atoms with van der Waals surface area (Å²) in [4.78, 5) is 16.4. The summed E-state index contributed by atoms with van der Waals surface area (Å²) in [5.41, 5.74) is 2.85. The maximum Gasteiger partial charge on any atom is 0.238 e. The number of hydrogen-bond donors (Lipinski definition) is 1. The van der Waals surface area contributed by atoms with E-state index in [-0.39, 0.29) is 12.5 Å².